The van der Waals surface area contributed by atoms with Gasteiger partial charge in [0.15, 0.2) is 4.77 Å². The molecule has 0 aliphatic carbocycles. The summed E-state index contributed by atoms with van der Waals surface area (Å²) in [5.41, 5.74) is 2.41. The van der Waals surface area contributed by atoms with Crippen LogP contribution in [0.25, 0.3) is 0 Å². The normalized spacial score (nSPS) is 15.8. The molecule has 0 atom stereocenters. The fourth-order valence-electron chi connectivity index (χ4n) is 2.06. The predicted molar refractivity (Wildman–Crippen MR) is 63.7 cm³/mol. The Labute approximate surface area is 104 Å². The van der Waals surface area contributed by atoms with Gasteiger partial charge in [-0.25, -0.2) is 9.97 Å². The van der Waals surface area contributed by atoms with Crippen LogP contribution >= 0.6 is 12.2 Å². The third-order valence-corrected chi connectivity index (χ3v) is 3.10. The van der Waals surface area contributed by atoms with E-state index in [1.54, 1.807) is 12.5 Å². The molecule has 0 radical (unpaired) electrons. The first kappa shape index (κ1) is 10.6. The summed E-state index contributed by atoms with van der Waals surface area (Å²) in [6.45, 7) is 2.57. The van der Waals surface area contributed by atoms with Gasteiger partial charge in [-0.3, -0.25) is 4.90 Å². The molecule has 1 aliphatic rings. The van der Waals surface area contributed by atoms with E-state index in [0.29, 0.717) is 4.77 Å². The lowest BCUT2D eigenvalue weighted by molar-refractivity contribution is 0.219. The summed E-state index contributed by atoms with van der Waals surface area (Å²) in [6.07, 6.45) is 6.09. The van der Waals surface area contributed by atoms with E-state index >= 15 is 0 Å². The minimum absolute atomic E-state index is 0.560. The SMILES string of the molecule is S=c1ncc2c([nH]1)CCN(Cc1ncco1)C2. The summed E-state index contributed by atoms with van der Waals surface area (Å²) < 4.78 is 5.81. The standard InChI is InChI=1S/C11H12N4OS/c17-11-13-5-8-6-15(3-1-9(8)14-11)7-10-12-2-4-16-10/h2,4-5H,1,3,6-7H2,(H,13,14,17). The molecular weight excluding hydrogens is 236 g/mol. The van der Waals surface area contributed by atoms with Gasteiger partial charge in [-0.1, -0.05) is 0 Å². The van der Waals surface area contributed by atoms with Crippen molar-refractivity contribution in [2.75, 3.05) is 6.54 Å². The second kappa shape index (κ2) is 4.38. The number of rotatable bonds is 2. The van der Waals surface area contributed by atoms with Crippen LogP contribution in [-0.4, -0.2) is 26.4 Å². The molecule has 2 aromatic rings. The fraction of sp³-hybridized carbons (Fsp3) is 0.364. The molecule has 1 aliphatic heterocycles. The molecule has 17 heavy (non-hydrogen) atoms. The Kier molecular flexibility index (Phi) is 2.74. The van der Waals surface area contributed by atoms with Crippen molar-refractivity contribution in [3.63, 3.8) is 0 Å². The van der Waals surface area contributed by atoms with E-state index in [-0.39, 0.29) is 0 Å². The van der Waals surface area contributed by atoms with E-state index in [2.05, 4.69) is 19.9 Å². The molecule has 6 heteroatoms. The highest BCUT2D eigenvalue weighted by Crippen LogP contribution is 2.17. The van der Waals surface area contributed by atoms with E-state index in [9.17, 15) is 0 Å². The van der Waals surface area contributed by atoms with Crippen LogP contribution in [-0.2, 0) is 19.5 Å². The summed E-state index contributed by atoms with van der Waals surface area (Å²) in [6, 6.07) is 0. The van der Waals surface area contributed by atoms with Crippen LogP contribution in [0.5, 0.6) is 0 Å². The van der Waals surface area contributed by atoms with Gasteiger partial charge < -0.3 is 9.40 Å². The van der Waals surface area contributed by atoms with Gasteiger partial charge in [0.1, 0.15) is 6.26 Å². The Morgan fingerprint density at radius 2 is 2.41 bits per heavy atom. The molecule has 0 unspecified atom stereocenters. The van der Waals surface area contributed by atoms with Crippen molar-refractivity contribution in [3.8, 4) is 0 Å². The number of hydrogen-bond acceptors (Lipinski definition) is 5. The quantitative estimate of drug-likeness (QED) is 0.819. The van der Waals surface area contributed by atoms with E-state index in [4.69, 9.17) is 16.6 Å². The summed E-state index contributed by atoms with van der Waals surface area (Å²) in [5.74, 6) is 0.755. The number of nitrogens with one attached hydrogen (secondary N) is 1. The number of H-pyrrole nitrogens is 1. The van der Waals surface area contributed by atoms with Gasteiger partial charge >= 0.3 is 0 Å². The molecule has 0 aromatic carbocycles. The van der Waals surface area contributed by atoms with Gasteiger partial charge in [-0.15, -0.1) is 0 Å². The first-order chi connectivity index (χ1) is 8.31. The van der Waals surface area contributed by atoms with Gasteiger partial charge in [-0.05, 0) is 12.2 Å². The third kappa shape index (κ3) is 2.27. The first-order valence-corrected chi connectivity index (χ1v) is 5.90. The van der Waals surface area contributed by atoms with Gasteiger partial charge in [0.05, 0.1) is 12.7 Å². The minimum atomic E-state index is 0.560. The molecule has 3 rings (SSSR count). The molecule has 0 amide bonds. The molecule has 0 saturated heterocycles. The molecule has 0 fully saturated rings. The summed E-state index contributed by atoms with van der Waals surface area (Å²) in [7, 11) is 0. The maximum Gasteiger partial charge on any atom is 0.208 e. The number of nitrogens with zero attached hydrogens (tertiary/aromatic N) is 3. The van der Waals surface area contributed by atoms with Crippen LogP contribution in [0.4, 0.5) is 0 Å². The van der Waals surface area contributed by atoms with Crippen LogP contribution in [0.15, 0.2) is 23.1 Å². The van der Waals surface area contributed by atoms with Gasteiger partial charge in [-0.2, -0.15) is 0 Å². The summed E-state index contributed by atoms with van der Waals surface area (Å²) in [4.78, 5) is 13.7. The lowest BCUT2D eigenvalue weighted by atomic mass is 10.1. The molecule has 88 valence electrons. The zero-order valence-corrected chi connectivity index (χ0v) is 10.0. The van der Waals surface area contributed by atoms with E-state index in [1.807, 2.05) is 6.20 Å². The van der Waals surface area contributed by atoms with Crippen LogP contribution in [0, 0.1) is 4.77 Å². The molecule has 0 saturated carbocycles. The Morgan fingerprint density at radius 3 is 3.24 bits per heavy atom. The maximum absolute atomic E-state index is 5.25. The average molecular weight is 248 g/mol. The van der Waals surface area contributed by atoms with Crippen molar-refractivity contribution >= 4 is 12.2 Å². The van der Waals surface area contributed by atoms with E-state index in [0.717, 1.165) is 31.9 Å². The van der Waals surface area contributed by atoms with Crippen molar-refractivity contribution in [1.82, 2.24) is 19.9 Å². The molecule has 3 heterocycles. The molecule has 0 spiro atoms. The van der Waals surface area contributed by atoms with Crippen molar-refractivity contribution < 1.29 is 4.42 Å². The van der Waals surface area contributed by atoms with Crippen molar-refractivity contribution in [2.45, 2.75) is 19.5 Å². The van der Waals surface area contributed by atoms with Gasteiger partial charge in [0, 0.05) is 37.0 Å². The number of oxazole rings is 1. The lowest BCUT2D eigenvalue weighted by Crippen LogP contribution is -2.30. The highest BCUT2D eigenvalue weighted by atomic mass is 32.1. The smallest absolute Gasteiger partial charge is 0.208 e. The zero-order valence-electron chi connectivity index (χ0n) is 9.22. The zero-order chi connectivity index (χ0) is 11.7. The fourth-order valence-corrected chi connectivity index (χ4v) is 2.24. The number of hydrogen-bond donors (Lipinski definition) is 1. The van der Waals surface area contributed by atoms with E-state index < -0.39 is 0 Å². The predicted octanol–water partition coefficient (Wildman–Crippen LogP) is 1.69. The van der Waals surface area contributed by atoms with Crippen LogP contribution in [0.1, 0.15) is 17.1 Å². The van der Waals surface area contributed by atoms with Crippen LogP contribution in [0.2, 0.25) is 0 Å². The highest BCUT2D eigenvalue weighted by Gasteiger charge is 2.18. The van der Waals surface area contributed by atoms with Crippen molar-refractivity contribution in [2.24, 2.45) is 0 Å². The largest absolute Gasteiger partial charge is 0.448 e. The van der Waals surface area contributed by atoms with Crippen LogP contribution < -0.4 is 0 Å². The van der Waals surface area contributed by atoms with Crippen molar-refractivity contribution in [1.29, 1.82) is 0 Å². The lowest BCUT2D eigenvalue weighted by Gasteiger charge is -2.26. The monoisotopic (exact) mass is 248 g/mol. The Balaban J connectivity index is 1.76. The molecule has 1 N–H and O–H groups in total. The van der Waals surface area contributed by atoms with E-state index in [1.165, 1.54) is 11.3 Å². The molecular formula is C11H12N4OS. The summed E-state index contributed by atoms with van der Waals surface area (Å²) in [5, 5.41) is 0. The third-order valence-electron chi connectivity index (χ3n) is 2.90. The maximum atomic E-state index is 5.25. The number of aromatic amines is 1. The average Bonchev–Trinajstić information content (AvgIpc) is 2.82. The van der Waals surface area contributed by atoms with Gasteiger partial charge in [0.25, 0.3) is 0 Å². The second-order valence-corrected chi connectivity index (χ2v) is 4.47. The Bertz CT molecular complexity index is 563. The van der Waals surface area contributed by atoms with Crippen molar-refractivity contribution in [3.05, 3.63) is 40.6 Å². The van der Waals surface area contributed by atoms with Crippen LogP contribution in [0.3, 0.4) is 0 Å². The molecule has 0 bridgehead atoms. The highest BCUT2D eigenvalue weighted by molar-refractivity contribution is 7.71. The molecule has 2 aromatic heterocycles. The Morgan fingerprint density at radius 1 is 1.47 bits per heavy atom. The minimum Gasteiger partial charge on any atom is -0.448 e. The Hall–Kier alpha value is -1.53. The first-order valence-electron chi connectivity index (χ1n) is 5.49. The van der Waals surface area contributed by atoms with Gasteiger partial charge in [0.2, 0.25) is 5.89 Å². The summed E-state index contributed by atoms with van der Waals surface area (Å²) >= 11 is 5.02. The number of fused-ring (bicyclic) bond motifs is 1. The second-order valence-electron chi connectivity index (χ2n) is 4.08. The number of aromatic nitrogens is 3. The topological polar surface area (TPSA) is 58.0 Å². The molecule has 5 nitrogen and oxygen atoms in total.